The fraction of sp³-hybridized carbons (Fsp3) is 0.250. The zero-order chi connectivity index (χ0) is 17.8. The van der Waals surface area contributed by atoms with Gasteiger partial charge in [-0.1, -0.05) is 60.3 Å². The maximum Gasteiger partial charge on any atom is 0.230 e. The summed E-state index contributed by atoms with van der Waals surface area (Å²) in [6.07, 6.45) is 2.46. The molecule has 1 aliphatic rings. The number of carbonyl (C=O) groups excluding carboxylic acids is 1. The van der Waals surface area contributed by atoms with Gasteiger partial charge >= 0.3 is 0 Å². The van der Waals surface area contributed by atoms with Crippen molar-refractivity contribution in [3.63, 3.8) is 0 Å². The number of benzene rings is 2. The lowest BCUT2D eigenvalue weighted by Crippen LogP contribution is -2.27. The van der Waals surface area contributed by atoms with Crippen molar-refractivity contribution in [3.8, 4) is 17.1 Å². The SMILES string of the molecule is O=C(CSc1nnc(-c2ccccc2)n1-c1ccccc1)NCC1CC1. The van der Waals surface area contributed by atoms with Crippen LogP contribution in [-0.2, 0) is 4.79 Å². The van der Waals surface area contributed by atoms with Crippen molar-refractivity contribution in [3.05, 3.63) is 60.7 Å². The van der Waals surface area contributed by atoms with E-state index in [-0.39, 0.29) is 5.91 Å². The smallest absolute Gasteiger partial charge is 0.230 e. The number of amides is 1. The van der Waals surface area contributed by atoms with Crippen LogP contribution in [0.3, 0.4) is 0 Å². The largest absolute Gasteiger partial charge is 0.355 e. The van der Waals surface area contributed by atoms with E-state index in [9.17, 15) is 4.79 Å². The highest BCUT2D eigenvalue weighted by Crippen LogP contribution is 2.29. The number of para-hydroxylation sites is 1. The number of hydrogen-bond acceptors (Lipinski definition) is 4. The summed E-state index contributed by atoms with van der Waals surface area (Å²) >= 11 is 1.41. The number of hydrogen-bond donors (Lipinski definition) is 1. The van der Waals surface area contributed by atoms with Gasteiger partial charge < -0.3 is 5.32 Å². The molecule has 0 unspecified atom stereocenters. The molecule has 2 aromatic carbocycles. The van der Waals surface area contributed by atoms with E-state index in [1.807, 2.05) is 65.2 Å². The van der Waals surface area contributed by atoms with Crippen molar-refractivity contribution < 1.29 is 4.79 Å². The molecule has 0 aliphatic heterocycles. The molecule has 132 valence electrons. The van der Waals surface area contributed by atoms with Crippen LogP contribution in [-0.4, -0.2) is 33.0 Å². The van der Waals surface area contributed by atoms with Gasteiger partial charge in [-0.15, -0.1) is 10.2 Å². The number of thioether (sulfide) groups is 1. The summed E-state index contributed by atoms with van der Waals surface area (Å²) in [5, 5.41) is 12.4. The van der Waals surface area contributed by atoms with Crippen molar-refractivity contribution in [1.82, 2.24) is 20.1 Å². The van der Waals surface area contributed by atoms with E-state index >= 15 is 0 Å². The molecule has 1 amide bonds. The third-order valence-corrected chi connectivity index (χ3v) is 5.23. The molecular weight excluding hydrogens is 344 g/mol. The highest BCUT2D eigenvalue weighted by Gasteiger charge is 2.22. The molecular formula is C20H20N4OS. The molecule has 1 N–H and O–H groups in total. The molecule has 4 rings (SSSR count). The number of carbonyl (C=O) groups is 1. The van der Waals surface area contributed by atoms with Gasteiger partial charge in [0.2, 0.25) is 5.91 Å². The molecule has 26 heavy (non-hydrogen) atoms. The van der Waals surface area contributed by atoms with Crippen LogP contribution in [0, 0.1) is 5.92 Å². The molecule has 3 aromatic rings. The molecule has 0 radical (unpaired) electrons. The number of rotatable bonds is 7. The molecule has 5 nitrogen and oxygen atoms in total. The van der Waals surface area contributed by atoms with Crippen molar-refractivity contribution in [1.29, 1.82) is 0 Å². The summed E-state index contributed by atoms with van der Waals surface area (Å²) in [6.45, 7) is 0.792. The minimum absolute atomic E-state index is 0.0470. The summed E-state index contributed by atoms with van der Waals surface area (Å²) in [6, 6.07) is 20.0. The van der Waals surface area contributed by atoms with E-state index in [2.05, 4.69) is 15.5 Å². The monoisotopic (exact) mass is 364 g/mol. The van der Waals surface area contributed by atoms with E-state index in [4.69, 9.17) is 0 Å². The van der Waals surface area contributed by atoms with Crippen LogP contribution in [0.25, 0.3) is 17.1 Å². The van der Waals surface area contributed by atoms with Gasteiger partial charge in [-0.05, 0) is 30.9 Å². The molecule has 0 bridgehead atoms. The molecule has 1 fully saturated rings. The van der Waals surface area contributed by atoms with Crippen molar-refractivity contribution in [2.45, 2.75) is 18.0 Å². The van der Waals surface area contributed by atoms with Gasteiger partial charge in [-0.25, -0.2) is 0 Å². The lowest BCUT2D eigenvalue weighted by molar-refractivity contribution is -0.118. The van der Waals surface area contributed by atoms with Crippen LogP contribution in [0.15, 0.2) is 65.8 Å². The quantitative estimate of drug-likeness (QED) is 0.651. The second-order valence-corrected chi connectivity index (χ2v) is 7.32. The number of nitrogens with zero attached hydrogens (tertiary/aromatic N) is 3. The fourth-order valence-corrected chi connectivity index (χ4v) is 3.49. The Balaban J connectivity index is 1.58. The van der Waals surface area contributed by atoms with E-state index in [1.165, 1.54) is 24.6 Å². The minimum atomic E-state index is 0.0470. The normalized spacial score (nSPS) is 13.5. The zero-order valence-electron chi connectivity index (χ0n) is 14.3. The highest BCUT2D eigenvalue weighted by molar-refractivity contribution is 7.99. The summed E-state index contributed by atoms with van der Waals surface area (Å²) < 4.78 is 2.01. The molecule has 0 atom stereocenters. The Morgan fingerprint density at radius 2 is 1.73 bits per heavy atom. The zero-order valence-corrected chi connectivity index (χ0v) is 15.2. The van der Waals surface area contributed by atoms with Crippen LogP contribution in [0.5, 0.6) is 0 Å². The summed E-state index contributed by atoms with van der Waals surface area (Å²) in [5.74, 6) is 1.84. The predicted octanol–water partition coefficient (Wildman–Crippen LogP) is 3.55. The molecule has 6 heteroatoms. The van der Waals surface area contributed by atoms with Crippen molar-refractivity contribution in [2.24, 2.45) is 5.92 Å². The summed E-state index contributed by atoms with van der Waals surface area (Å²) in [5.41, 5.74) is 1.98. The van der Waals surface area contributed by atoms with Gasteiger partial charge in [-0.2, -0.15) is 0 Å². The van der Waals surface area contributed by atoms with Crippen LogP contribution in [0.4, 0.5) is 0 Å². The Bertz CT molecular complexity index is 875. The van der Waals surface area contributed by atoms with Gasteiger partial charge in [0.15, 0.2) is 11.0 Å². The Morgan fingerprint density at radius 3 is 2.42 bits per heavy atom. The first-order chi connectivity index (χ1) is 12.8. The minimum Gasteiger partial charge on any atom is -0.355 e. The summed E-state index contributed by atoms with van der Waals surface area (Å²) in [7, 11) is 0. The van der Waals surface area contributed by atoms with Gasteiger partial charge in [0.25, 0.3) is 0 Å². The first-order valence-corrected chi connectivity index (χ1v) is 9.75. The van der Waals surface area contributed by atoms with Crippen LogP contribution >= 0.6 is 11.8 Å². The summed E-state index contributed by atoms with van der Waals surface area (Å²) in [4.78, 5) is 12.1. The number of nitrogens with one attached hydrogen (secondary N) is 1. The van der Waals surface area contributed by atoms with E-state index in [1.54, 1.807) is 0 Å². The first kappa shape index (κ1) is 16.8. The van der Waals surface area contributed by atoms with Gasteiger partial charge in [0, 0.05) is 17.8 Å². The average Bonchev–Trinajstić information content (AvgIpc) is 3.43. The molecule has 1 saturated carbocycles. The second-order valence-electron chi connectivity index (χ2n) is 6.38. The lowest BCUT2D eigenvalue weighted by atomic mass is 10.2. The fourth-order valence-electron chi connectivity index (χ4n) is 2.71. The van der Waals surface area contributed by atoms with Crippen molar-refractivity contribution >= 4 is 17.7 Å². The Hall–Kier alpha value is -2.60. The lowest BCUT2D eigenvalue weighted by Gasteiger charge is -2.10. The topological polar surface area (TPSA) is 59.8 Å². The van der Waals surface area contributed by atoms with Crippen LogP contribution in [0.1, 0.15) is 12.8 Å². The standard InChI is InChI=1S/C20H20N4OS/c25-18(21-13-15-11-12-15)14-26-20-23-22-19(16-7-3-1-4-8-16)24(20)17-9-5-2-6-10-17/h1-10,15H,11-14H2,(H,21,25). The van der Waals surface area contributed by atoms with E-state index < -0.39 is 0 Å². The van der Waals surface area contributed by atoms with E-state index in [0.717, 1.165) is 28.8 Å². The maximum atomic E-state index is 12.1. The second kappa shape index (κ2) is 7.74. The Labute approximate surface area is 156 Å². The van der Waals surface area contributed by atoms with E-state index in [0.29, 0.717) is 11.7 Å². The third-order valence-electron chi connectivity index (χ3n) is 4.30. The highest BCUT2D eigenvalue weighted by atomic mass is 32.2. The molecule has 1 aromatic heterocycles. The maximum absolute atomic E-state index is 12.1. The van der Waals surface area contributed by atoms with Crippen molar-refractivity contribution in [2.75, 3.05) is 12.3 Å². The Kier molecular flexibility index (Phi) is 5.02. The molecule has 1 aliphatic carbocycles. The third kappa shape index (κ3) is 3.96. The molecule has 1 heterocycles. The van der Waals surface area contributed by atoms with Crippen LogP contribution in [0.2, 0.25) is 0 Å². The average molecular weight is 364 g/mol. The van der Waals surface area contributed by atoms with Gasteiger partial charge in [-0.3, -0.25) is 9.36 Å². The first-order valence-electron chi connectivity index (χ1n) is 8.77. The molecule has 0 spiro atoms. The predicted molar refractivity (Wildman–Crippen MR) is 103 cm³/mol. The van der Waals surface area contributed by atoms with Gasteiger partial charge in [0.1, 0.15) is 0 Å². The Morgan fingerprint density at radius 1 is 1.04 bits per heavy atom. The van der Waals surface area contributed by atoms with Gasteiger partial charge in [0.05, 0.1) is 5.75 Å². The van der Waals surface area contributed by atoms with Crippen LogP contribution < -0.4 is 5.32 Å². The number of aromatic nitrogens is 3. The molecule has 0 saturated heterocycles.